The molecular formula is C17H25ClN6O3S. The molecule has 1 fully saturated rings. The molecule has 0 spiro atoms. The van der Waals surface area contributed by atoms with E-state index < -0.39 is 16.1 Å². The number of nitrogens with zero attached hydrogens (tertiary/aromatic N) is 5. The number of piperidine rings is 1. The van der Waals surface area contributed by atoms with Crippen molar-refractivity contribution in [2.24, 2.45) is 5.92 Å². The molecule has 2 aromatic rings. The number of aliphatic hydroxyl groups excluding tert-OH is 1. The van der Waals surface area contributed by atoms with Crippen molar-refractivity contribution in [3.05, 3.63) is 22.5 Å². The van der Waals surface area contributed by atoms with E-state index >= 15 is 0 Å². The van der Waals surface area contributed by atoms with Crippen LogP contribution in [0.15, 0.2) is 6.20 Å². The third-order valence-electron chi connectivity index (χ3n) is 4.28. The number of hydrogen-bond donors (Lipinski definition) is 2. The summed E-state index contributed by atoms with van der Waals surface area (Å²) >= 11 is 6.13. The van der Waals surface area contributed by atoms with Crippen molar-refractivity contribution in [1.29, 1.82) is 5.26 Å². The Morgan fingerprint density at radius 2 is 2.18 bits per heavy atom. The van der Waals surface area contributed by atoms with Crippen LogP contribution in [0.25, 0.3) is 5.52 Å². The minimum absolute atomic E-state index is 0.165. The number of β-amino-alcohol motifs (C(OH)–C–C–N with tert-alkyl or cyclic N) is 1. The molecule has 28 heavy (non-hydrogen) atoms. The third-order valence-corrected chi connectivity index (χ3v) is 5.93. The Hall–Kier alpha value is -1.93. The number of fused-ring (bicyclic) bond motifs is 1. The number of anilines is 1. The Morgan fingerprint density at radius 1 is 1.50 bits per heavy atom. The maximum atomic E-state index is 10.9. The number of nitrogen functional groups attached to an aromatic ring is 1. The highest BCUT2D eigenvalue weighted by molar-refractivity contribution is 7.88. The lowest BCUT2D eigenvalue weighted by Crippen LogP contribution is -2.41. The van der Waals surface area contributed by atoms with E-state index in [-0.39, 0.29) is 12.5 Å². The van der Waals surface area contributed by atoms with E-state index in [9.17, 15) is 8.42 Å². The van der Waals surface area contributed by atoms with Gasteiger partial charge in [0.2, 0.25) is 16.0 Å². The minimum Gasteiger partial charge on any atom is -0.392 e. The normalized spacial score (nSPS) is 18.0. The molecule has 1 saturated heterocycles. The van der Waals surface area contributed by atoms with Crippen molar-refractivity contribution in [1.82, 2.24) is 18.9 Å². The van der Waals surface area contributed by atoms with Crippen molar-refractivity contribution in [2.75, 3.05) is 25.1 Å². The molecule has 1 unspecified atom stereocenters. The Kier molecular flexibility index (Phi) is 7.22. The summed E-state index contributed by atoms with van der Waals surface area (Å²) in [6.07, 6.45) is 4.42. The summed E-state index contributed by atoms with van der Waals surface area (Å²) in [7, 11) is -3.09. The molecule has 0 amide bonds. The smallest absolute Gasteiger partial charge is 0.238 e. The predicted molar refractivity (Wildman–Crippen MR) is 107 cm³/mol. The number of nitrogens with two attached hydrogens (primary N) is 1. The molecule has 1 aliphatic heterocycles. The van der Waals surface area contributed by atoms with Crippen molar-refractivity contribution in [2.45, 2.75) is 39.2 Å². The molecule has 11 heteroatoms. The summed E-state index contributed by atoms with van der Waals surface area (Å²) in [6.45, 7) is 4.95. The minimum atomic E-state index is -3.09. The van der Waals surface area contributed by atoms with Gasteiger partial charge in [0, 0.05) is 13.1 Å². The average molecular weight is 429 g/mol. The Balaban J connectivity index is 0.000000221. The van der Waals surface area contributed by atoms with Crippen molar-refractivity contribution in [3.8, 4) is 6.07 Å². The maximum absolute atomic E-state index is 10.9. The molecule has 3 N–H and O–H groups in total. The van der Waals surface area contributed by atoms with Crippen LogP contribution in [0.2, 0.25) is 5.02 Å². The van der Waals surface area contributed by atoms with Gasteiger partial charge < -0.3 is 10.8 Å². The van der Waals surface area contributed by atoms with E-state index in [4.69, 9.17) is 27.7 Å². The van der Waals surface area contributed by atoms with Crippen molar-refractivity contribution >= 4 is 33.1 Å². The summed E-state index contributed by atoms with van der Waals surface area (Å²) in [6, 6.07) is 2.12. The van der Waals surface area contributed by atoms with E-state index in [1.54, 1.807) is 4.52 Å². The number of aromatic nitrogens is 3. The van der Waals surface area contributed by atoms with Crippen LogP contribution >= 0.6 is 11.6 Å². The summed E-state index contributed by atoms with van der Waals surface area (Å²) in [5, 5.41) is 22.8. The standard InChI is InChI=1S/C11H12ClN5.C6H13NO3S/c1-6(2)3-8-7(4-13)10(12)9-5-15-11(14)16-17(8)9;1-11(9,10)7-4-2-3-6(8)5-7/h5-6H,3H2,1-2H3,(H2,14,16);6,8H,2-5H2,1H3. The van der Waals surface area contributed by atoms with Gasteiger partial charge in [-0.3, -0.25) is 0 Å². The Bertz CT molecular complexity index is 983. The molecule has 3 heterocycles. The molecule has 2 aromatic heterocycles. The lowest BCUT2D eigenvalue weighted by molar-refractivity contribution is 0.108. The summed E-state index contributed by atoms with van der Waals surface area (Å²) in [5.74, 6) is 0.561. The van der Waals surface area contributed by atoms with Crippen LogP contribution < -0.4 is 5.73 Å². The monoisotopic (exact) mass is 428 g/mol. The number of rotatable bonds is 3. The zero-order valence-corrected chi connectivity index (χ0v) is 17.7. The zero-order chi connectivity index (χ0) is 21.1. The third kappa shape index (κ3) is 5.32. The van der Waals surface area contributed by atoms with Crippen LogP contribution in [0.5, 0.6) is 0 Å². The molecule has 9 nitrogen and oxygen atoms in total. The fourth-order valence-electron chi connectivity index (χ4n) is 2.99. The summed E-state index contributed by atoms with van der Waals surface area (Å²) in [5.41, 5.74) is 7.42. The molecule has 0 aliphatic carbocycles. The highest BCUT2D eigenvalue weighted by Crippen LogP contribution is 2.28. The van der Waals surface area contributed by atoms with Gasteiger partial charge in [-0.05, 0) is 25.2 Å². The molecule has 0 radical (unpaired) electrons. The average Bonchev–Trinajstić information content (AvgIpc) is 2.85. The fourth-order valence-corrected chi connectivity index (χ4v) is 4.17. The van der Waals surface area contributed by atoms with Gasteiger partial charge in [0.1, 0.15) is 11.6 Å². The molecule has 1 aliphatic rings. The second-order valence-corrected chi connectivity index (χ2v) is 9.54. The van der Waals surface area contributed by atoms with Gasteiger partial charge in [-0.25, -0.2) is 17.9 Å². The summed E-state index contributed by atoms with van der Waals surface area (Å²) in [4.78, 5) is 3.89. The van der Waals surface area contributed by atoms with Crippen LogP contribution in [0.1, 0.15) is 37.9 Å². The second-order valence-electron chi connectivity index (χ2n) is 7.18. The van der Waals surface area contributed by atoms with Gasteiger partial charge in [0.15, 0.2) is 0 Å². The topological polar surface area (TPSA) is 138 Å². The molecule has 0 aromatic carbocycles. The van der Waals surface area contributed by atoms with Gasteiger partial charge in [-0.2, -0.15) is 9.57 Å². The Morgan fingerprint density at radius 3 is 2.68 bits per heavy atom. The molecular weight excluding hydrogens is 404 g/mol. The number of aliphatic hydroxyl groups is 1. The van der Waals surface area contributed by atoms with Crippen LogP contribution in [0.4, 0.5) is 5.95 Å². The number of sulfonamides is 1. The first kappa shape index (κ1) is 22.4. The van der Waals surface area contributed by atoms with E-state index in [0.29, 0.717) is 41.4 Å². The van der Waals surface area contributed by atoms with E-state index in [2.05, 4.69) is 30.0 Å². The first-order valence-corrected chi connectivity index (χ1v) is 11.1. The molecule has 0 saturated carbocycles. The molecule has 1 atom stereocenters. The second kappa shape index (κ2) is 9.05. The van der Waals surface area contributed by atoms with E-state index in [1.807, 2.05) is 0 Å². The van der Waals surface area contributed by atoms with Crippen LogP contribution in [-0.4, -0.2) is 57.9 Å². The zero-order valence-electron chi connectivity index (χ0n) is 16.1. The van der Waals surface area contributed by atoms with Crippen LogP contribution in [0.3, 0.4) is 0 Å². The molecule has 0 bridgehead atoms. The van der Waals surface area contributed by atoms with Gasteiger partial charge in [-0.1, -0.05) is 25.4 Å². The predicted octanol–water partition coefficient (Wildman–Crippen LogP) is 1.44. The lowest BCUT2D eigenvalue weighted by atomic mass is 10.1. The van der Waals surface area contributed by atoms with E-state index in [0.717, 1.165) is 12.1 Å². The number of halogens is 1. The highest BCUT2D eigenvalue weighted by atomic mass is 35.5. The lowest BCUT2D eigenvalue weighted by Gasteiger charge is -2.27. The van der Waals surface area contributed by atoms with Gasteiger partial charge >= 0.3 is 0 Å². The first-order valence-electron chi connectivity index (χ1n) is 8.89. The number of nitriles is 1. The summed E-state index contributed by atoms with van der Waals surface area (Å²) < 4.78 is 24.8. The fraction of sp³-hybridized carbons (Fsp3) is 0.588. The molecule has 3 rings (SSSR count). The van der Waals surface area contributed by atoms with Crippen molar-refractivity contribution < 1.29 is 13.5 Å². The van der Waals surface area contributed by atoms with Gasteiger partial charge in [-0.15, -0.1) is 5.10 Å². The maximum Gasteiger partial charge on any atom is 0.238 e. The van der Waals surface area contributed by atoms with E-state index in [1.165, 1.54) is 16.8 Å². The first-order chi connectivity index (χ1) is 13.0. The van der Waals surface area contributed by atoms with Crippen molar-refractivity contribution in [3.63, 3.8) is 0 Å². The largest absolute Gasteiger partial charge is 0.392 e. The van der Waals surface area contributed by atoms with Gasteiger partial charge in [0.25, 0.3) is 0 Å². The highest BCUT2D eigenvalue weighted by Gasteiger charge is 2.24. The SMILES string of the molecule is CC(C)Cc1c(C#N)c(Cl)c2cnc(N)nn12.CS(=O)(=O)N1CCCC(O)C1. The van der Waals surface area contributed by atoms with Crippen LogP contribution in [0, 0.1) is 17.2 Å². The van der Waals surface area contributed by atoms with Gasteiger partial charge in [0.05, 0.1) is 34.8 Å². The Labute approximate surface area is 169 Å². The number of hydrogen-bond acceptors (Lipinski definition) is 7. The van der Waals surface area contributed by atoms with Crippen LogP contribution in [-0.2, 0) is 16.4 Å². The molecule has 154 valence electrons. The quantitative estimate of drug-likeness (QED) is 0.754.